The van der Waals surface area contributed by atoms with Crippen molar-refractivity contribution in [3.63, 3.8) is 0 Å². The fourth-order valence-electron chi connectivity index (χ4n) is 2.37. The van der Waals surface area contributed by atoms with Crippen molar-refractivity contribution in [2.24, 2.45) is 0 Å². The standard InChI is InChI=1S/C14H21NO/c1-11(16)5-6-12-7-8-14-13(10-12)4-3-9-15(14)2/h7-8,10-11,16H,3-6,9H2,1-2H3. The fraction of sp³-hybridized carbons (Fsp3) is 0.571. The van der Waals surface area contributed by atoms with Gasteiger partial charge in [0, 0.05) is 19.3 Å². The normalized spacial score (nSPS) is 17.1. The second kappa shape index (κ2) is 4.88. The summed E-state index contributed by atoms with van der Waals surface area (Å²) in [7, 11) is 2.16. The zero-order valence-electron chi connectivity index (χ0n) is 10.2. The average molecular weight is 219 g/mol. The molecule has 0 bridgehead atoms. The summed E-state index contributed by atoms with van der Waals surface area (Å²) in [5, 5.41) is 9.29. The van der Waals surface area contributed by atoms with Gasteiger partial charge in [-0.3, -0.25) is 0 Å². The molecule has 1 aliphatic rings. The molecule has 1 N–H and O–H groups in total. The van der Waals surface area contributed by atoms with E-state index in [1.54, 1.807) is 0 Å². The van der Waals surface area contributed by atoms with Gasteiger partial charge in [-0.05, 0) is 49.8 Å². The lowest BCUT2D eigenvalue weighted by atomic mass is 9.97. The van der Waals surface area contributed by atoms with Gasteiger partial charge < -0.3 is 10.0 Å². The number of nitrogens with zero attached hydrogens (tertiary/aromatic N) is 1. The van der Waals surface area contributed by atoms with Gasteiger partial charge in [-0.25, -0.2) is 0 Å². The quantitative estimate of drug-likeness (QED) is 0.843. The minimum atomic E-state index is -0.196. The summed E-state index contributed by atoms with van der Waals surface area (Å²) in [4.78, 5) is 2.33. The van der Waals surface area contributed by atoms with E-state index in [-0.39, 0.29) is 6.10 Å². The molecule has 16 heavy (non-hydrogen) atoms. The highest BCUT2D eigenvalue weighted by molar-refractivity contribution is 5.56. The third kappa shape index (κ3) is 2.56. The Morgan fingerprint density at radius 1 is 1.44 bits per heavy atom. The van der Waals surface area contributed by atoms with E-state index in [0.717, 1.165) is 12.8 Å². The molecule has 1 aromatic carbocycles. The van der Waals surface area contributed by atoms with Crippen molar-refractivity contribution in [1.29, 1.82) is 0 Å². The molecular weight excluding hydrogens is 198 g/mol. The van der Waals surface area contributed by atoms with Gasteiger partial charge in [0.05, 0.1) is 6.10 Å². The summed E-state index contributed by atoms with van der Waals surface area (Å²) < 4.78 is 0. The molecular formula is C14H21NO. The van der Waals surface area contributed by atoms with Crippen LogP contribution in [0, 0.1) is 0 Å². The summed E-state index contributed by atoms with van der Waals surface area (Å²) in [5.74, 6) is 0. The van der Waals surface area contributed by atoms with Crippen LogP contribution in [-0.4, -0.2) is 24.8 Å². The van der Waals surface area contributed by atoms with E-state index in [1.165, 1.54) is 36.2 Å². The van der Waals surface area contributed by atoms with Gasteiger partial charge in [0.25, 0.3) is 0 Å². The molecule has 1 aromatic rings. The van der Waals surface area contributed by atoms with Crippen LogP contribution in [0.1, 0.15) is 30.9 Å². The minimum absolute atomic E-state index is 0.196. The smallest absolute Gasteiger partial charge is 0.0515 e. The minimum Gasteiger partial charge on any atom is -0.393 e. The first-order valence-corrected chi connectivity index (χ1v) is 6.18. The van der Waals surface area contributed by atoms with Crippen LogP contribution >= 0.6 is 0 Å². The highest BCUT2D eigenvalue weighted by Gasteiger charge is 2.13. The summed E-state index contributed by atoms with van der Waals surface area (Å²) >= 11 is 0. The maximum absolute atomic E-state index is 9.29. The Hall–Kier alpha value is -1.02. The van der Waals surface area contributed by atoms with Crippen molar-refractivity contribution in [2.45, 2.75) is 38.7 Å². The van der Waals surface area contributed by atoms with Crippen molar-refractivity contribution in [1.82, 2.24) is 0 Å². The lowest BCUT2D eigenvalue weighted by Crippen LogP contribution is -2.24. The number of aryl methyl sites for hydroxylation is 2. The second-order valence-electron chi connectivity index (χ2n) is 4.88. The number of aliphatic hydroxyl groups excluding tert-OH is 1. The van der Waals surface area contributed by atoms with Crippen molar-refractivity contribution >= 4 is 5.69 Å². The molecule has 0 fully saturated rings. The first-order chi connectivity index (χ1) is 7.66. The fourth-order valence-corrected chi connectivity index (χ4v) is 2.37. The molecule has 1 unspecified atom stereocenters. The number of rotatable bonds is 3. The molecule has 0 saturated heterocycles. The van der Waals surface area contributed by atoms with Crippen molar-refractivity contribution in [3.05, 3.63) is 29.3 Å². The van der Waals surface area contributed by atoms with Gasteiger partial charge in [-0.15, -0.1) is 0 Å². The Labute approximate surface area is 97.9 Å². The van der Waals surface area contributed by atoms with E-state index >= 15 is 0 Å². The van der Waals surface area contributed by atoms with Gasteiger partial charge in [-0.2, -0.15) is 0 Å². The molecule has 1 aliphatic heterocycles. The average Bonchev–Trinajstić information content (AvgIpc) is 2.26. The number of fused-ring (bicyclic) bond motifs is 1. The SMILES string of the molecule is CC(O)CCc1ccc2c(c1)CCCN2C. The predicted molar refractivity (Wildman–Crippen MR) is 68.0 cm³/mol. The van der Waals surface area contributed by atoms with Crippen molar-refractivity contribution < 1.29 is 5.11 Å². The second-order valence-corrected chi connectivity index (χ2v) is 4.88. The lowest BCUT2D eigenvalue weighted by molar-refractivity contribution is 0.185. The molecule has 88 valence electrons. The predicted octanol–water partition coefficient (Wildman–Crippen LogP) is 2.38. The van der Waals surface area contributed by atoms with Crippen LogP contribution in [0.5, 0.6) is 0 Å². The zero-order valence-corrected chi connectivity index (χ0v) is 10.2. The van der Waals surface area contributed by atoms with Crippen LogP contribution in [0.3, 0.4) is 0 Å². The first-order valence-electron chi connectivity index (χ1n) is 6.18. The van der Waals surface area contributed by atoms with Gasteiger partial charge in [0.1, 0.15) is 0 Å². The highest BCUT2D eigenvalue weighted by atomic mass is 16.3. The Bertz CT molecular complexity index is 360. The molecule has 1 atom stereocenters. The van der Waals surface area contributed by atoms with E-state index in [4.69, 9.17) is 0 Å². The molecule has 0 radical (unpaired) electrons. The topological polar surface area (TPSA) is 23.5 Å². The van der Waals surface area contributed by atoms with Crippen molar-refractivity contribution in [2.75, 3.05) is 18.5 Å². The highest BCUT2D eigenvalue weighted by Crippen LogP contribution is 2.27. The first kappa shape index (κ1) is 11.5. The van der Waals surface area contributed by atoms with Crippen LogP contribution in [0.15, 0.2) is 18.2 Å². The Balaban J connectivity index is 2.12. The van der Waals surface area contributed by atoms with Crippen LogP contribution in [0.25, 0.3) is 0 Å². The third-order valence-corrected chi connectivity index (χ3v) is 3.35. The maximum Gasteiger partial charge on any atom is 0.0515 e. The molecule has 0 aromatic heterocycles. The number of aliphatic hydroxyl groups is 1. The Morgan fingerprint density at radius 3 is 3.00 bits per heavy atom. The molecule has 1 heterocycles. The van der Waals surface area contributed by atoms with E-state index in [2.05, 4.69) is 30.1 Å². The van der Waals surface area contributed by atoms with Gasteiger partial charge in [0.15, 0.2) is 0 Å². The molecule has 2 nitrogen and oxygen atoms in total. The third-order valence-electron chi connectivity index (χ3n) is 3.35. The van der Waals surface area contributed by atoms with Gasteiger partial charge in [-0.1, -0.05) is 12.1 Å². The van der Waals surface area contributed by atoms with Gasteiger partial charge in [0.2, 0.25) is 0 Å². The van der Waals surface area contributed by atoms with E-state index in [9.17, 15) is 5.11 Å². The van der Waals surface area contributed by atoms with Crippen molar-refractivity contribution in [3.8, 4) is 0 Å². The van der Waals surface area contributed by atoms with Crippen LogP contribution < -0.4 is 4.90 Å². The van der Waals surface area contributed by atoms with Crippen LogP contribution in [0.4, 0.5) is 5.69 Å². The summed E-state index contributed by atoms with van der Waals surface area (Å²) in [6.45, 7) is 3.02. The van der Waals surface area contributed by atoms with E-state index in [1.807, 2.05) is 6.92 Å². The Kier molecular flexibility index (Phi) is 3.49. The molecule has 0 aliphatic carbocycles. The zero-order chi connectivity index (χ0) is 11.5. The number of benzene rings is 1. The number of hydrogen-bond acceptors (Lipinski definition) is 2. The van der Waals surface area contributed by atoms with E-state index in [0.29, 0.717) is 0 Å². The summed E-state index contributed by atoms with van der Waals surface area (Å²) in [5.41, 5.74) is 4.21. The van der Waals surface area contributed by atoms with E-state index < -0.39 is 0 Å². The molecule has 0 amide bonds. The maximum atomic E-state index is 9.29. The largest absolute Gasteiger partial charge is 0.393 e. The van der Waals surface area contributed by atoms with Gasteiger partial charge >= 0.3 is 0 Å². The molecule has 0 saturated carbocycles. The molecule has 2 heteroatoms. The van der Waals surface area contributed by atoms with Crippen LogP contribution in [-0.2, 0) is 12.8 Å². The Morgan fingerprint density at radius 2 is 2.25 bits per heavy atom. The summed E-state index contributed by atoms with van der Waals surface area (Å²) in [6.07, 6.45) is 4.09. The lowest BCUT2D eigenvalue weighted by Gasteiger charge is -2.27. The molecule has 2 rings (SSSR count). The number of anilines is 1. The number of hydrogen-bond donors (Lipinski definition) is 1. The monoisotopic (exact) mass is 219 g/mol. The van der Waals surface area contributed by atoms with Crippen LogP contribution in [0.2, 0.25) is 0 Å². The summed E-state index contributed by atoms with van der Waals surface area (Å²) in [6, 6.07) is 6.74. The molecule has 0 spiro atoms.